The van der Waals surface area contributed by atoms with Crippen LogP contribution in [0.5, 0.6) is 5.75 Å². The van der Waals surface area contributed by atoms with E-state index in [1.54, 1.807) is 24.4 Å². The number of nitrogens with zero attached hydrogens (tertiary/aromatic N) is 1. The fraction of sp³-hybridized carbons (Fsp3) is 0.200. The molecule has 43 heavy (non-hydrogen) atoms. The first-order valence-electron chi connectivity index (χ1n) is 13.1. The third kappa shape index (κ3) is 8.06. The number of carbonyl (C=O) groups excluding carboxylic acids is 3. The molecule has 2 heterocycles. The number of nitrogens with two attached hydrogens (primary N) is 1. The van der Waals surface area contributed by atoms with Crippen LogP contribution in [-0.2, 0) is 27.5 Å². The molecule has 0 fully saturated rings. The summed E-state index contributed by atoms with van der Waals surface area (Å²) in [6.45, 7) is -0.000945. The molecule has 4 aromatic rings. The van der Waals surface area contributed by atoms with Crippen LogP contribution in [0.4, 0.5) is 19.3 Å². The number of rotatable bonds is 12. The number of alkyl carbamates (subject to hydrolysis) is 1. The number of fused-ring (bicyclic) bond motifs is 1. The number of pyridine rings is 1. The molecule has 0 radical (unpaired) electrons. The smallest absolute Gasteiger partial charge is 0.407 e. The molecule has 0 aliphatic heterocycles. The summed E-state index contributed by atoms with van der Waals surface area (Å²) >= 11 is 0. The van der Waals surface area contributed by atoms with Crippen LogP contribution in [0, 0.1) is 11.6 Å². The van der Waals surface area contributed by atoms with Crippen molar-refractivity contribution in [2.75, 3.05) is 12.4 Å². The van der Waals surface area contributed by atoms with E-state index in [9.17, 15) is 28.0 Å². The van der Waals surface area contributed by atoms with Gasteiger partial charge in [-0.05, 0) is 55.3 Å². The van der Waals surface area contributed by atoms with E-state index in [2.05, 4.69) is 20.4 Å². The molecule has 0 saturated heterocycles. The molecule has 4 rings (SSSR count). The van der Waals surface area contributed by atoms with E-state index in [0.29, 0.717) is 17.0 Å². The van der Waals surface area contributed by atoms with Crippen molar-refractivity contribution < 1.29 is 32.6 Å². The highest BCUT2D eigenvalue weighted by atomic mass is 19.1. The molecular weight excluding hydrogens is 564 g/mol. The zero-order valence-corrected chi connectivity index (χ0v) is 23.1. The average Bonchev–Trinajstić information content (AvgIpc) is 3.39. The second kappa shape index (κ2) is 13.9. The first kappa shape index (κ1) is 30.5. The molecule has 0 aliphatic rings. The second-order valence-corrected chi connectivity index (χ2v) is 9.45. The maximum Gasteiger partial charge on any atom is 0.407 e. The molecule has 5 N–H and O–H groups in total. The van der Waals surface area contributed by atoms with E-state index in [1.165, 1.54) is 22.8 Å². The number of ether oxygens (including phenoxy) is 2. The minimum atomic E-state index is -1.06. The molecular formula is C30H29F2N5O6. The Balaban J connectivity index is 1.48. The zero-order valence-electron chi connectivity index (χ0n) is 23.1. The first-order chi connectivity index (χ1) is 20.6. The van der Waals surface area contributed by atoms with Gasteiger partial charge in [-0.1, -0.05) is 18.2 Å². The summed E-state index contributed by atoms with van der Waals surface area (Å²) < 4.78 is 39.0. The first-order valence-corrected chi connectivity index (χ1v) is 13.1. The lowest BCUT2D eigenvalue weighted by molar-refractivity contribution is -0.118. The van der Waals surface area contributed by atoms with Crippen molar-refractivity contribution in [1.29, 1.82) is 0 Å². The highest BCUT2D eigenvalue weighted by Gasteiger charge is 2.22. The fourth-order valence-corrected chi connectivity index (χ4v) is 4.28. The van der Waals surface area contributed by atoms with Crippen LogP contribution in [0.25, 0.3) is 10.9 Å². The molecule has 1 atom stereocenters. The van der Waals surface area contributed by atoms with Crippen molar-refractivity contribution in [2.24, 2.45) is 5.73 Å². The Hall–Kier alpha value is -5.46. The van der Waals surface area contributed by atoms with Crippen molar-refractivity contribution in [3.63, 3.8) is 0 Å². The van der Waals surface area contributed by atoms with Gasteiger partial charge in [-0.2, -0.15) is 0 Å². The van der Waals surface area contributed by atoms with Crippen LogP contribution in [-0.4, -0.2) is 40.6 Å². The van der Waals surface area contributed by atoms with Gasteiger partial charge < -0.3 is 35.4 Å². The number of anilines is 1. The Labute approximate surface area is 244 Å². The number of para-hydroxylation sites is 1. The van der Waals surface area contributed by atoms with Crippen molar-refractivity contribution in [3.05, 3.63) is 106 Å². The molecule has 2 aromatic heterocycles. The highest BCUT2D eigenvalue weighted by Crippen LogP contribution is 2.27. The Morgan fingerprint density at radius 3 is 2.67 bits per heavy atom. The lowest BCUT2D eigenvalue weighted by Crippen LogP contribution is -2.44. The van der Waals surface area contributed by atoms with Gasteiger partial charge >= 0.3 is 6.09 Å². The largest absolute Gasteiger partial charge is 0.487 e. The standard InChI is InChI=1S/C30H29F2N5O6/c1-42-30(41)36-23(7-2-3-10-26(33)38)28(39)35-24-8-5-13-37(29(24)40)16-21-14-18-6-4-9-25(27(18)34-21)43-17-19-11-12-20(31)15-22(19)32/h3-6,8-15,23,34H,2,7,16-17H2,1H3,(H2,33,38)(H,35,39)(H,36,41)/b10-3+. The monoisotopic (exact) mass is 593 g/mol. The Morgan fingerprint density at radius 2 is 1.93 bits per heavy atom. The molecule has 0 saturated carbocycles. The van der Waals surface area contributed by atoms with E-state index in [1.807, 2.05) is 12.1 Å². The Bertz CT molecular complexity index is 1730. The summed E-state index contributed by atoms with van der Waals surface area (Å²) in [5.41, 5.74) is 6.03. The SMILES string of the molecule is COC(=O)NC(CC/C=C/C(N)=O)C(=O)Nc1cccn(Cc2cc3cccc(OCc4ccc(F)cc4F)c3[nH]2)c1=O. The summed E-state index contributed by atoms with van der Waals surface area (Å²) in [7, 11) is 1.15. The molecule has 3 amide bonds. The van der Waals surface area contributed by atoms with Crippen LogP contribution in [0.2, 0.25) is 0 Å². The van der Waals surface area contributed by atoms with Gasteiger partial charge in [-0.3, -0.25) is 14.4 Å². The van der Waals surface area contributed by atoms with Crippen molar-refractivity contribution in [3.8, 4) is 5.75 Å². The third-order valence-electron chi connectivity index (χ3n) is 6.39. The number of allylic oxidation sites excluding steroid dienone is 1. The van der Waals surface area contributed by atoms with E-state index < -0.39 is 41.1 Å². The second-order valence-electron chi connectivity index (χ2n) is 9.45. The summed E-state index contributed by atoms with van der Waals surface area (Å²) in [6, 6.07) is 12.4. The molecule has 1 unspecified atom stereocenters. The van der Waals surface area contributed by atoms with Crippen molar-refractivity contribution in [1.82, 2.24) is 14.9 Å². The third-order valence-corrected chi connectivity index (χ3v) is 6.39. The van der Waals surface area contributed by atoms with Gasteiger partial charge in [0.25, 0.3) is 5.56 Å². The highest BCUT2D eigenvalue weighted by molar-refractivity contribution is 5.96. The number of aromatic nitrogens is 2. The van der Waals surface area contributed by atoms with Crippen LogP contribution >= 0.6 is 0 Å². The lowest BCUT2D eigenvalue weighted by atomic mass is 10.1. The number of primary amides is 1. The van der Waals surface area contributed by atoms with Gasteiger partial charge in [0.05, 0.1) is 19.2 Å². The average molecular weight is 594 g/mol. The summed E-state index contributed by atoms with van der Waals surface area (Å²) in [4.78, 5) is 52.1. The number of hydrogen-bond donors (Lipinski definition) is 4. The maximum absolute atomic E-state index is 14.0. The molecule has 0 aliphatic carbocycles. The number of benzene rings is 2. The van der Waals surface area contributed by atoms with Gasteiger partial charge in [0.1, 0.15) is 35.7 Å². The van der Waals surface area contributed by atoms with Crippen LogP contribution < -0.4 is 26.7 Å². The fourth-order valence-electron chi connectivity index (χ4n) is 4.28. The Kier molecular flexibility index (Phi) is 9.89. The number of hydrogen-bond acceptors (Lipinski definition) is 6. The minimum Gasteiger partial charge on any atom is -0.487 e. The summed E-state index contributed by atoms with van der Waals surface area (Å²) in [5, 5.41) is 5.74. The van der Waals surface area contributed by atoms with Gasteiger partial charge in [0.15, 0.2) is 0 Å². The normalized spacial score (nSPS) is 11.8. The van der Waals surface area contributed by atoms with E-state index >= 15 is 0 Å². The molecule has 224 valence electrons. The zero-order chi connectivity index (χ0) is 30.9. The van der Waals surface area contributed by atoms with E-state index in [4.69, 9.17) is 10.5 Å². The number of aromatic amines is 1. The van der Waals surface area contributed by atoms with E-state index in [-0.39, 0.29) is 37.2 Å². The van der Waals surface area contributed by atoms with Crippen LogP contribution in [0.1, 0.15) is 24.1 Å². The van der Waals surface area contributed by atoms with E-state index in [0.717, 1.165) is 30.7 Å². The molecule has 13 heteroatoms. The van der Waals surface area contributed by atoms with Gasteiger partial charge in [-0.25, -0.2) is 13.6 Å². The van der Waals surface area contributed by atoms with Gasteiger partial charge in [0.2, 0.25) is 11.8 Å². The predicted octanol–water partition coefficient (Wildman–Crippen LogP) is 3.72. The number of carbonyl (C=O) groups is 3. The van der Waals surface area contributed by atoms with Crippen molar-refractivity contribution >= 4 is 34.5 Å². The number of halogens is 2. The molecule has 0 spiro atoms. The summed E-state index contributed by atoms with van der Waals surface area (Å²) in [6.07, 6.45) is 3.68. The molecule has 0 bridgehead atoms. The van der Waals surface area contributed by atoms with Gasteiger partial charge in [-0.15, -0.1) is 0 Å². The topological polar surface area (TPSA) is 158 Å². The molecule has 11 nitrogen and oxygen atoms in total. The van der Waals surface area contributed by atoms with Gasteiger partial charge in [0, 0.05) is 28.9 Å². The number of H-pyrrole nitrogens is 1. The maximum atomic E-state index is 14.0. The number of amides is 3. The number of nitrogens with one attached hydrogen (secondary N) is 3. The molecule has 2 aromatic carbocycles. The summed E-state index contributed by atoms with van der Waals surface area (Å²) in [5.74, 6) is -2.25. The Morgan fingerprint density at radius 1 is 1.12 bits per heavy atom. The minimum absolute atomic E-state index is 0.0155. The quantitative estimate of drug-likeness (QED) is 0.183. The van der Waals surface area contributed by atoms with Crippen LogP contribution in [0.15, 0.2) is 77.7 Å². The number of methoxy groups -OCH3 is 1. The van der Waals surface area contributed by atoms with Crippen molar-refractivity contribution in [2.45, 2.75) is 32.0 Å². The lowest BCUT2D eigenvalue weighted by Gasteiger charge is -2.17. The predicted molar refractivity (Wildman–Crippen MR) is 154 cm³/mol. The van der Waals surface area contributed by atoms with Crippen LogP contribution in [0.3, 0.4) is 0 Å².